The molecule has 0 bridgehead atoms. The molecular weight excluding hydrogens is 500 g/mol. The number of amides is 1. The normalized spacial score (nSPS) is 14.5. The van der Waals surface area contributed by atoms with E-state index < -0.39 is 18.0 Å². The fraction of sp³-hybridized carbons (Fsp3) is 0.233. The van der Waals surface area contributed by atoms with Gasteiger partial charge in [0.25, 0.3) is 5.91 Å². The number of hydrogen-bond acceptors (Lipinski definition) is 8. The Bertz CT molecular complexity index is 1380. The van der Waals surface area contributed by atoms with E-state index in [1.165, 1.54) is 0 Å². The quantitative estimate of drug-likeness (QED) is 0.360. The van der Waals surface area contributed by atoms with Gasteiger partial charge in [-0.15, -0.1) is 0 Å². The molecule has 0 spiro atoms. The van der Waals surface area contributed by atoms with E-state index >= 15 is 0 Å². The molecule has 0 saturated carbocycles. The topological polar surface area (TPSA) is 103 Å². The molecule has 1 unspecified atom stereocenters. The lowest BCUT2D eigenvalue weighted by Gasteiger charge is -2.26. The van der Waals surface area contributed by atoms with Crippen LogP contribution in [0.15, 0.2) is 78.5 Å². The molecule has 0 saturated heterocycles. The minimum absolute atomic E-state index is 0.270. The Morgan fingerprint density at radius 3 is 1.90 bits per heavy atom. The van der Waals surface area contributed by atoms with E-state index in [0.717, 1.165) is 5.56 Å². The molecule has 1 atom stereocenters. The van der Waals surface area contributed by atoms with Crippen LogP contribution in [-0.2, 0) is 14.3 Å². The van der Waals surface area contributed by atoms with Crippen molar-refractivity contribution in [2.45, 2.75) is 19.9 Å². The summed E-state index contributed by atoms with van der Waals surface area (Å²) in [7, 11) is 3.11. The molecule has 0 radical (unpaired) electrons. The number of carbonyl (C=O) groups excluding carboxylic acids is 3. The van der Waals surface area contributed by atoms with Crippen LogP contribution in [0.25, 0.3) is 0 Å². The van der Waals surface area contributed by atoms with Crippen molar-refractivity contribution in [1.82, 2.24) is 0 Å². The average molecular weight is 531 g/mol. The number of esters is 2. The molecule has 9 nitrogen and oxygen atoms in total. The number of benzene rings is 3. The maximum atomic E-state index is 13.7. The maximum Gasteiger partial charge on any atom is 0.338 e. The van der Waals surface area contributed by atoms with Gasteiger partial charge in [0.05, 0.1) is 44.6 Å². The predicted molar refractivity (Wildman–Crippen MR) is 146 cm³/mol. The van der Waals surface area contributed by atoms with Crippen LogP contribution in [0.2, 0.25) is 0 Å². The first-order valence-electron chi connectivity index (χ1n) is 12.5. The molecule has 1 heterocycles. The van der Waals surface area contributed by atoms with E-state index in [1.807, 2.05) is 18.2 Å². The van der Waals surface area contributed by atoms with Crippen molar-refractivity contribution in [2.24, 2.45) is 0 Å². The second-order valence-electron chi connectivity index (χ2n) is 8.50. The van der Waals surface area contributed by atoms with Crippen LogP contribution in [0, 0.1) is 0 Å². The monoisotopic (exact) mass is 530 g/mol. The van der Waals surface area contributed by atoms with Gasteiger partial charge in [0.2, 0.25) is 0 Å². The molecule has 3 aromatic rings. The fourth-order valence-corrected chi connectivity index (χ4v) is 4.25. The van der Waals surface area contributed by atoms with Crippen molar-refractivity contribution in [1.29, 1.82) is 0 Å². The molecule has 9 heteroatoms. The third kappa shape index (κ3) is 5.87. The van der Waals surface area contributed by atoms with Crippen LogP contribution in [0.4, 0.5) is 11.4 Å². The highest BCUT2D eigenvalue weighted by atomic mass is 16.5. The number of carbonyl (C=O) groups is 3. The second-order valence-corrected chi connectivity index (χ2v) is 8.50. The Morgan fingerprint density at radius 1 is 0.795 bits per heavy atom. The Hall–Kier alpha value is -4.79. The lowest BCUT2D eigenvalue weighted by molar-refractivity contribution is -0.114. The van der Waals surface area contributed by atoms with Crippen molar-refractivity contribution in [2.75, 3.05) is 37.7 Å². The minimum Gasteiger partial charge on any atom is -0.493 e. The third-order valence-electron chi connectivity index (χ3n) is 6.13. The molecule has 1 aliphatic heterocycles. The molecule has 0 fully saturated rings. The van der Waals surface area contributed by atoms with Crippen molar-refractivity contribution in [3.8, 4) is 11.5 Å². The third-order valence-corrected chi connectivity index (χ3v) is 6.13. The Morgan fingerprint density at radius 2 is 1.36 bits per heavy atom. The summed E-state index contributed by atoms with van der Waals surface area (Å²) in [5.74, 6) is -0.0105. The average Bonchev–Trinajstić information content (AvgIpc) is 3.28. The molecule has 1 amide bonds. The number of methoxy groups -OCH3 is 2. The van der Waals surface area contributed by atoms with E-state index in [0.29, 0.717) is 39.7 Å². The first-order chi connectivity index (χ1) is 18.9. The molecule has 4 rings (SSSR count). The zero-order valence-electron chi connectivity index (χ0n) is 22.2. The lowest BCUT2D eigenvalue weighted by atomic mass is 10.0. The highest BCUT2D eigenvalue weighted by molar-refractivity contribution is 6.11. The summed E-state index contributed by atoms with van der Waals surface area (Å²) in [6, 6.07) is 18.4. The van der Waals surface area contributed by atoms with Crippen LogP contribution in [0.3, 0.4) is 0 Å². The summed E-state index contributed by atoms with van der Waals surface area (Å²) in [4.78, 5) is 39.5. The van der Waals surface area contributed by atoms with E-state index in [2.05, 4.69) is 5.32 Å². The molecule has 1 N–H and O–H groups in total. The van der Waals surface area contributed by atoms with E-state index in [1.54, 1.807) is 87.6 Å². The van der Waals surface area contributed by atoms with Crippen molar-refractivity contribution in [3.05, 3.63) is 95.2 Å². The molecule has 0 aliphatic carbocycles. The van der Waals surface area contributed by atoms with E-state index in [9.17, 15) is 14.4 Å². The van der Waals surface area contributed by atoms with Crippen LogP contribution >= 0.6 is 0 Å². The van der Waals surface area contributed by atoms with Crippen LogP contribution in [-0.4, -0.2) is 45.3 Å². The smallest absolute Gasteiger partial charge is 0.338 e. The van der Waals surface area contributed by atoms with Gasteiger partial charge in [-0.2, -0.15) is 0 Å². The Balaban J connectivity index is 1.68. The van der Waals surface area contributed by atoms with Crippen molar-refractivity contribution < 1.29 is 33.3 Å². The summed E-state index contributed by atoms with van der Waals surface area (Å²) >= 11 is 0. The molecule has 0 aromatic heterocycles. The minimum atomic E-state index is -0.480. The summed E-state index contributed by atoms with van der Waals surface area (Å²) < 4.78 is 21.0. The van der Waals surface area contributed by atoms with E-state index in [-0.39, 0.29) is 19.1 Å². The van der Waals surface area contributed by atoms with Gasteiger partial charge in [-0.25, -0.2) is 9.59 Å². The zero-order valence-corrected chi connectivity index (χ0v) is 22.2. The van der Waals surface area contributed by atoms with Gasteiger partial charge < -0.3 is 24.3 Å². The Kier molecular flexibility index (Phi) is 8.50. The summed E-state index contributed by atoms with van der Waals surface area (Å²) in [5, 5.41) is 3.17. The fourth-order valence-electron chi connectivity index (χ4n) is 4.25. The number of rotatable bonds is 10. The highest BCUT2D eigenvalue weighted by Gasteiger charge is 2.35. The van der Waals surface area contributed by atoms with Crippen LogP contribution in [0.5, 0.6) is 11.5 Å². The van der Waals surface area contributed by atoms with Gasteiger partial charge in [-0.1, -0.05) is 6.07 Å². The molecule has 3 aromatic carbocycles. The van der Waals surface area contributed by atoms with Gasteiger partial charge in [-0.05, 0) is 86.2 Å². The van der Waals surface area contributed by atoms with Gasteiger partial charge >= 0.3 is 11.9 Å². The molecular formula is C30H30N2O7. The first kappa shape index (κ1) is 27.3. The number of hydrogen-bond donors (Lipinski definition) is 1. The van der Waals surface area contributed by atoms with Crippen molar-refractivity contribution in [3.63, 3.8) is 0 Å². The first-order valence-corrected chi connectivity index (χ1v) is 12.5. The number of ether oxygens (including phenoxy) is 4. The zero-order chi connectivity index (χ0) is 27.9. The van der Waals surface area contributed by atoms with Gasteiger partial charge in [0.1, 0.15) is 5.70 Å². The molecule has 39 heavy (non-hydrogen) atoms. The van der Waals surface area contributed by atoms with Gasteiger partial charge in [0, 0.05) is 11.4 Å². The largest absolute Gasteiger partial charge is 0.493 e. The van der Waals surface area contributed by atoms with Gasteiger partial charge in [0.15, 0.2) is 11.5 Å². The van der Waals surface area contributed by atoms with Crippen LogP contribution in [0.1, 0.15) is 46.2 Å². The van der Waals surface area contributed by atoms with Crippen molar-refractivity contribution >= 4 is 29.2 Å². The molecule has 202 valence electrons. The van der Waals surface area contributed by atoms with Gasteiger partial charge in [-0.3, -0.25) is 9.69 Å². The van der Waals surface area contributed by atoms with E-state index in [4.69, 9.17) is 18.9 Å². The SMILES string of the molecule is CCOC(=O)c1ccc(NC2=CC(c3ccc(OC)c(OC)c3)N(c3ccc(C(=O)OCC)cc3)C2=O)cc1. The molecule has 1 aliphatic rings. The second kappa shape index (κ2) is 12.2. The maximum absolute atomic E-state index is 13.7. The summed E-state index contributed by atoms with van der Waals surface area (Å²) in [6.07, 6.45) is 1.82. The van der Waals surface area contributed by atoms with Crippen LogP contribution < -0.4 is 19.7 Å². The number of anilines is 2. The highest BCUT2D eigenvalue weighted by Crippen LogP contribution is 2.39. The number of nitrogens with zero attached hydrogens (tertiary/aromatic N) is 1. The Labute approximate surface area is 226 Å². The summed E-state index contributed by atoms with van der Waals surface area (Å²) in [6.45, 7) is 4.05. The summed E-state index contributed by atoms with van der Waals surface area (Å²) in [5.41, 5.74) is 3.19. The lowest BCUT2D eigenvalue weighted by Crippen LogP contribution is -2.30. The predicted octanol–water partition coefficient (Wildman–Crippen LogP) is 5.14. The number of nitrogens with one attached hydrogen (secondary N) is 1. The standard InChI is InChI=1S/C30H30N2O7/c1-5-38-29(34)19-7-12-22(13-8-19)31-24-18-25(21-11-16-26(36-3)27(17-21)37-4)32(28(24)33)23-14-9-20(10-15-23)30(35)39-6-2/h7-18,25,31H,5-6H2,1-4H3.